The Morgan fingerprint density at radius 1 is 1.17 bits per heavy atom. The van der Waals surface area contributed by atoms with Crippen LogP contribution in [0.15, 0.2) is 0 Å². The number of ketones is 1. The third-order valence-corrected chi connectivity index (χ3v) is 0.322. The van der Waals surface area contributed by atoms with Crippen molar-refractivity contribution in [2.75, 3.05) is 13.2 Å². The van der Waals surface area contributed by atoms with E-state index in [1.807, 2.05) is 0 Å². The van der Waals surface area contributed by atoms with Gasteiger partial charge in [-0.05, 0) is 0 Å². The first-order chi connectivity index (χ1) is 2.81. The number of hydrogen-bond donors (Lipinski definition) is 0. The fourth-order valence-corrected chi connectivity index (χ4v) is 0.0417. The molecule has 0 heterocycles. The third kappa shape index (κ3) is 1.87. The quantitative estimate of drug-likeness (QED) is 0.445. The lowest BCUT2D eigenvalue weighted by Gasteiger charge is -1.76. The Labute approximate surface area is 35.2 Å². The summed E-state index contributed by atoms with van der Waals surface area (Å²) in [5, 5.41) is 18.6. The summed E-state index contributed by atoms with van der Waals surface area (Å²) in [6, 6.07) is 0. The SMILES string of the molecule is [O]CC(=O)C[O]. The highest BCUT2D eigenvalue weighted by Crippen LogP contribution is 1.62. The molecule has 0 unspecified atom stereocenters. The average Bonchev–Trinajstić information content (AvgIpc) is 1.65. The van der Waals surface area contributed by atoms with Crippen molar-refractivity contribution in [1.29, 1.82) is 0 Å². The summed E-state index contributed by atoms with van der Waals surface area (Å²) in [4.78, 5) is 9.56. The van der Waals surface area contributed by atoms with Crippen molar-refractivity contribution in [3.63, 3.8) is 0 Å². The van der Waals surface area contributed by atoms with Crippen LogP contribution >= 0.6 is 0 Å². The lowest BCUT2D eigenvalue weighted by atomic mass is 10.5. The molecule has 0 spiro atoms. The Morgan fingerprint density at radius 3 is 1.50 bits per heavy atom. The normalized spacial score (nSPS) is 8.33. The Bertz CT molecular complexity index is 44.0. The predicted octanol–water partition coefficient (Wildman–Crippen LogP) is -0.584. The molecule has 0 aliphatic heterocycles. The highest BCUT2D eigenvalue weighted by atomic mass is 16.3. The van der Waals surface area contributed by atoms with Crippen LogP contribution < -0.4 is 0 Å². The Hall–Kier alpha value is -0.410. The molecule has 0 bridgehead atoms. The van der Waals surface area contributed by atoms with Gasteiger partial charge in [0.15, 0.2) is 5.78 Å². The van der Waals surface area contributed by atoms with Gasteiger partial charge in [0.2, 0.25) is 0 Å². The van der Waals surface area contributed by atoms with Crippen LogP contribution in [0.4, 0.5) is 0 Å². The van der Waals surface area contributed by atoms with Gasteiger partial charge in [0.05, 0.1) is 0 Å². The van der Waals surface area contributed by atoms with E-state index in [2.05, 4.69) is 0 Å². The lowest BCUT2D eigenvalue weighted by molar-refractivity contribution is -0.127. The number of carbonyl (C=O) groups excluding carboxylic acids is 1. The molecule has 0 rings (SSSR count). The first kappa shape index (κ1) is 5.59. The second-order valence-corrected chi connectivity index (χ2v) is 0.827. The highest BCUT2D eigenvalue weighted by molar-refractivity contribution is 5.80. The molecule has 34 valence electrons. The molecule has 0 atom stereocenters. The van der Waals surface area contributed by atoms with Crippen LogP contribution in [0.1, 0.15) is 0 Å². The molecule has 0 N–H and O–H groups in total. The van der Waals surface area contributed by atoms with Gasteiger partial charge in [-0.25, -0.2) is 10.2 Å². The number of rotatable bonds is 2. The van der Waals surface area contributed by atoms with Gasteiger partial charge in [-0.2, -0.15) is 0 Å². The lowest BCUT2D eigenvalue weighted by Crippen LogP contribution is -2.05. The molecule has 3 heteroatoms. The summed E-state index contributed by atoms with van der Waals surface area (Å²) >= 11 is 0. The molecule has 6 heavy (non-hydrogen) atoms. The molecule has 0 aliphatic carbocycles. The van der Waals surface area contributed by atoms with Gasteiger partial charge in [-0.3, -0.25) is 4.79 Å². The van der Waals surface area contributed by atoms with E-state index in [1.54, 1.807) is 0 Å². The van der Waals surface area contributed by atoms with Crippen molar-refractivity contribution in [3.05, 3.63) is 0 Å². The van der Waals surface area contributed by atoms with E-state index in [4.69, 9.17) is 0 Å². The van der Waals surface area contributed by atoms with Crippen LogP contribution in [0.2, 0.25) is 0 Å². The smallest absolute Gasteiger partial charge is 0.190 e. The zero-order valence-electron chi connectivity index (χ0n) is 3.14. The molecule has 0 saturated heterocycles. The molecular formula is C3H4O3. The minimum Gasteiger partial charge on any atom is -0.294 e. The molecule has 0 aromatic carbocycles. The van der Waals surface area contributed by atoms with Gasteiger partial charge < -0.3 is 0 Å². The van der Waals surface area contributed by atoms with Crippen molar-refractivity contribution in [2.45, 2.75) is 0 Å². The van der Waals surface area contributed by atoms with E-state index in [0.29, 0.717) is 0 Å². The molecule has 0 aromatic heterocycles. The van der Waals surface area contributed by atoms with E-state index >= 15 is 0 Å². The predicted molar refractivity (Wildman–Crippen MR) is 16.1 cm³/mol. The molecule has 3 nitrogen and oxygen atoms in total. The van der Waals surface area contributed by atoms with Crippen LogP contribution in [0.5, 0.6) is 0 Å². The monoisotopic (exact) mass is 88.0 g/mol. The van der Waals surface area contributed by atoms with Gasteiger partial charge in [-0.15, -0.1) is 0 Å². The van der Waals surface area contributed by atoms with Crippen LogP contribution in [0, 0.1) is 0 Å². The third-order valence-electron chi connectivity index (χ3n) is 0.322. The van der Waals surface area contributed by atoms with E-state index < -0.39 is 19.0 Å². The molecule has 0 saturated carbocycles. The van der Waals surface area contributed by atoms with Crippen LogP contribution in [-0.4, -0.2) is 19.0 Å². The van der Waals surface area contributed by atoms with Crippen molar-refractivity contribution in [3.8, 4) is 0 Å². The number of hydrogen-bond acceptors (Lipinski definition) is 1. The van der Waals surface area contributed by atoms with E-state index in [9.17, 15) is 15.0 Å². The standard InChI is InChI=1S/C3H4O3/c4-1-3(6)2-5/h1-2H2. The van der Waals surface area contributed by atoms with Gasteiger partial charge in [0.1, 0.15) is 13.2 Å². The molecule has 0 aromatic rings. The summed E-state index contributed by atoms with van der Waals surface area (Å²) in [6.45, 7) is -1.74. The minimum atomic E-state index is -0.872. The summed E-state index contributed by atoms with van der Waals surface area (Å²) in [5.74, 6) is -0.769. The van der Waals surface area contributed by atoms with Crippen molar-refractivity contribution < 1.29 is 15.0 Å². The maximum absolute atomic E-state index is 9.56. The molecular weight excluding hydrogens is 84.0 g/mol. The Kier molecular flexibility index (Phi) is 2.62. The summed E-state index contributed by atoms with van der Waals surface area (Å²) in [6.07, 6.45) is 0. The highest BCUT2D eigenvalue weighted by Gasteiger charge is 1.93. The second-order valence-electron chi connectivity index (χ2n) is 0.827. The van der Waals surface area contributed by atoms with Crippen molar-refractivity contribution >= 4 is 5.78 Å². The van der Waals surface area contributed by atoms with Gasteiger partial charge in [-0.1, -0.05) is 0 Å². The summed E-state index contributed by atoms with van der Waals surface area (Å²) < 4.78 is 0. The first-order valence-corrected chi connectivity index (χ1v) is 1.49. The van der Waals surface area contributed by atoms with Gasteiger partial charge >= 0.3 is 0 Å². The molecule has 0 fully saturated rings. The second kappa shape index (κ2) is 2.81. The maximum Gasteiger partial charge on any atom is 0.190 e. The average molecular weight is 88.1 g/mol. The number of carbonyl (C=O) groups is 1. The van der Waals surface area contributed by atoms with E-state index in [1.165, 1.54) is 0 Å². The topological polar surface area (TPSA) is 56.9 Å². The van der Waals surface area contributed by atoms with Crippen LogP contribution in [0.3, 0.4) is 0 Å². The fraction of sp³-hybridized carbons (Fsp3) is 0.667. The Balaban J connectivity index is 2.99. The molecule has 2 radical (unpaired) electrons. The largest absolute Gasteiger partial charge is 0.294 e. The van der Waals surface area contributed by atoms with Crippen LogP contribution in [0.25, 0.3) is 0 Å². The van der Waals surface area contributed by atoms with Gasteiger partial charge in [0, 0.05) is 0 Å². The van der Waals surface area contributed by atoms with Crippen molar-refractivity contribution in [1.82, 2.24) is 0 Å². The van der Waals surface area contributed by atoms with E-state index in [-0.39, 0.29) is 0 Å². The number of Topliss-reactive ketones (excluding diaryl/α,β-unsaturated/α-hetero) is 1. The maximum atomic E-state index is 9.56. The zero-order chi connectivity index (χ0) is 4.99. The van der Waals surface area contributed by atoms with Crippen molar-refractivity contribution in [2.24, 2.45) is 0 Å². The van der Waals surface area contributed by atoms with Crippen LogP contribution in [-0.2, 0) is 15.0 Å². The Morgan fingerprint density at radius 2 is 1.50 bits per heavy atom. The summed E-state index contributed by atoms with van der Waals surface area (Å²) in [5.41, 5.74) is 0. The first-order valence-electron chi connectivity index (χ1n) is 1.49. The summed E-state index contributed by atoms with van der Waals surface area (Å²) in [7, 11) is 0. The van der Waals surface area contributed by atoms with E-state index in [0.717, 1.165) is 0 Å². The molecule has 0 aliphatic rings. The van der Waals surface area contributed by atoms with Gasteiger partial charge in [0.25, 0.3) is 0 Å². The zero-order valence-corrected chi connectivity index (χ0v) is 3.14. The fourth-order valence-electron chi connectivity index (χ4n) is 0.0417. The minimum absolute atomic E-state index is 0.769. The molecule has 0 amide bonds.